The SMILES string of the molecule is C/C=C/COc1cc(C)c(OCCCCCCOc2cccc(CC/C(C)=N/OC)c2)c(C)c1. The highest BCUT2D eigenvalue weighted by atomic mass is 16.6. The second kappa shape index (κ2) is 15.8. The van der Waals surface area contributed by atoms with E-state index in [9.17, 15) is 0 Å². The van der Waals surface area contributed by atoms with E-state index < -0.39 is 0 Å². The molecule has 0 radical (unpaired) electrons. The highest BCUT2D eigenvalue weighted by molar-refractivity contribution is 5.81. The molecular formula is C29H41NO4. The Balaban J connectivity index is 1.62. The molecule has 5 nitrogen and oxygen atoms in total. The van der Waals surface area contributed by atoms with Crippen LogP contribution in [0.25, 0.3) is 0 Å². The van der Waals surface area contributed by atoms with Crippen molar-refractivity contribution in [2.24, 2.45) is 5.16 Å². The molecule has 0 heterocycles. The molecule has 186 valence electrons. The van der Waals surface area contributed by atoms with E-state index in [2.05, 4.69) is 37.2 Å². The second-order valence-corrected chi connectivity index (χ2v) is 8.53. The van der Waals surface area contributed by atoms with Gasteiger partial charge in [-0.1, -0.05) is 29.4 Å². The smallest absolute Gasteiger partial charge is 0.125 e. The van der Waals surface area contributed by atoms with Crippen LogP contribution in [0.15, 0.2) is 53.7 Å². The zero-order valence-electron chi connectivity index (χ0n) is 21.6. The molecule has 0 saturated heterocycles. The van der Waals surface area contributed by atoms with E-state index in [0.29, 0.717) is 6.61 Å². The van der Waals surface area contributed by atoms with Gasteiger partial charge >= 0.3 is 0 Å². The van der Waals surface area contributed by atoms with Gasteiger partial charge in [0.05, 0.1) is 18.9 Å². The van der Waals surface area contributed by atoms with Crippen LogP contribution in [0.5, 0.6) is 17.2 Å². The first-order valence-corrected chi connectivity index (χ1v) is 12.3. The van der Waals surface area contributed by atoms with E-state index >= 15 is 0 Å². The molecule has 0 aliphatic rings. The third kappa shape index (κ3) is 10.3. The molecule has 0 aliphatic heterocycles. The Hall–Kier alpha value is -2.95. The van der Waals surface area contributed by atoms with Crippen LogP contribution >= 0.6 is 0 Å². The van der Waals surface area contributed by atoms with Crippen LogP contribution in [0, 0.1) is 13.8 Å². The molecule has 0 aliphatic carbocycles. The van der Waals surface area contributed by atoms with Crippen LogP contribution in [-0.4, -0.2) is 32.6 Å². The van der Waals surface area contributed by atoms with Gasteiger partial charge in [-0.05, 0) is 107 Å². The van der Waals surface area contributed by atoms with Crippen LogP contribution in [0.4, 0.5) is 0 Å². The van der Waals surface area contributed by atoms with E-state index in [1.165, 1.54) is 5.56 Å². The quantitative estimate of drug-likeness (QED) is 0.113. The first-order valence-electron chi connectivity index (χ1n) is 12.3. The predicted molar refractivity (Wildman–Crippen MR) is 141 cm³/mol. The molecule has 0 aromatic heterocycles. The Morgan fingerprint density at radius 2 is 1.59 bits per heavy atom. The van der Waals surface area contributed by atoms with Gasteiger partial charge in [0.15, 0.2) is 0 Å². The molecule has 0 spiro atoms. The zero-order valence-corrected chi connectivity index (χ0v) is 21.6. The highest BCUT2D eigenvalue weighted by Gasteiger charge is 2.07. The molecule has 2 rings (SSSR count). The number of aryl methyl sites for hydroxylation is 3. The van der Waals surface area contributed by atoms with Gasteiger partial charge in [0.25, 0.3) is 0 Å². The van der Waals surface area contributed by atoms with Crippen molar-refractivity contribution in [3.05, 3.63) is 65.2 Å². The maximum atomic E-state index is 6.08. The number of benzene rings is 2. The molecule has 34 heavy (non-hydrogen) atoms. The molecule has 0 saturated carbocycles. The first kappa shape index (κ1) is 27.3. The van der Waals surface area contributed by atoms with Crippen LogP contribution in [0.3, 0.4) is 0 Å². The molecule has 0 unspecified atom stereocenters. The van der Waals surface area contributed by atoms with E-state index in [1.54, 1.807) is 7.11 Å². The van der Waals surface area contributed by atoms with Crippen molar-refractivity contribution in [3.8, 4) is 17.2 Å². The second-order valence-electron chi connectivity index (χ2n) is 8.53. The van der Waals surface area contributed by atoms with Crippen LogP contribution in [0.1, 0.15) is 62.6 Å². The summed E-state index contributed by atoms with van der Waals surface area (Å²) in [5.41, 5.74) is 4.48. The third-order valence-corrected chi connectivity index (χ3v) is 5.49. The summed E-state index contributed by atoms with van der Waals surface area (Å²) < 4.78 is 17.8. The Kier molecular flexibility index (Phi) is 12.7. The summed E-state index contributed by atoms with van der Waals surface area (Å²) in [4.78, 5) is 4.82. The van der Waals surface area contributed by atoms with Crippen molar-refractivity contribution >= 4 is 5.71 Å². The van der Waals surface area contributed by atoms with Gasteiger partial charge in [-0.3, -0.25) is 0 Å². The number of ether oxygens (including phenoxy) is 3. The van der Waals surface area contributed by atoms with Gasteiger partial charge in [0.1, 0.15) is 31.0 Å². The topological polar surface area (TPSA) is 49.3 Å². The fourth-order valence-electron chi connectivity index (χ4n) is 3.70. The summed E-state index contributed by atoms with van der Waals surface area (Å²) in [7, 11) is 1.58. The summed E-state index contributed by atoms with van der Waals surface area (Å²) in [5.74, 6) is 2.80. The fraction of sp³-hybridized carbons (Fsp3) is 0.483. The first-order chi connectivity index (χ1) is 16.5. The van der Waals surface area contributed by atoms with Gasteiger partial charge < -0.3 is 19.0 Å². The van der Waals surface area contributed by atoms with E-state index in [1.807, 2.05) is 44.2 Å². The largest absolute Gasteiger partial charge is 0.494 e. The number of allylic oxidation sites excluding steroid dienone is 1. The van der Waals surface area contributed by atoms with Crippen molar-refractivity contribution in [1.29, 1.82) is 0 Å². The van der Waals surface area contributed by atoms with E-state index in [-0.39, 0.29) is 0 Å². The molecule has 0 atom stereocenters. The molecule has 2 aromatic rings. The lowest BCUT2D eigenvalue weighted by molar-refractivity contribution is 0.212. The van der Waals surface area contributed by atoms with Crippen molar-refractivity contribution in [2.75, 3.05) is 26.9 Å². The van der Waals surface area contributed by atoms with Gasteiger partial charge in [0, 0.05) is 0 Å². The molecule has 0 amide bonds. The normalized spacial score (nSPS) is 11.6. The van der Waals surface area contributed by atoms with Crippen LogP contribution in [-0.2, 0) is 11.3 Å². The molecule has 0 N–H and O–H groups in total. The Morgan fingerprint density at radius 1 is 0.882 bits per heavy atom. The predicted octanol–water partition coefficient (Wildman–Crippen LogP) is 7.23. The van der Waals surface area contributed by atoms with Crippen molar-refractivity contribution < 1.29 is 19.0 Å². The summed E-state index contributed by atoms with van der Waals surface area (Å²) in [5, 5.41) is 3.96. The minimum absolute atomic E-state index is 0.592. The molecule has 0 bridgehead atoms. The molecule has 5 heteroatoms. The Morgan fingerprint density at radius 3 is 2.26 bits per heavy atom. The van der Waals surface area contributed by atoms with Gasteiger partial charge in [-0.2, -0.15) is 0 Å². The lowest BCUT2D eigenvalue weighted by Gasteiger charge is -2.14. The van der Waals surface area contributed by atoms with Crippen molar-refractivity contribution in [3.63, 3.8) is 0 Å². The number of unbranched alkanes of at least 4 members (excludes halogenated alkanes) is 3. The minimum Gasteiger partial charge on any atom is -0.494 e. The standard InChI is InChI=1S/C29H41NO4/c1-6-7-17-33-28-20-23(2)29(24(3)21-28)34-19-11-9-8-10-18-32-27-14-12-13-26(22-27)16-15-25(4)30-31-5/h6-7,12-14,20-22H,8-11,15-19H2,1-5H3/b7-6+,30-25+. The Bertz CT molecular complexity index is 897. The number of rotatable bonds is 16. The van der Waals surface area contributed by atoms with Crippen molar-refractivity contribution in [2.45, 2.75) is 66.2 Å². The van der Waals surface area contributed by atoms with E-state index in [4.69, 9.17) is 19.0 Å². The lowest BCUT2D eigenvalue weighted by atomic mass is 10.1. The van der Waals surface area contributed by atoms with Gasteiger partial charge in [0.2, 0.25) is 0 Å². The molecule has 0 fully saturated rings. The average molecular weight is 468 g/mol. The van der Waals surface area contributed by atoms with Crippen molar-refractivity contribution in [1.82, 2.24) is 0 Å². The number of nitrogens with zero attached hydrogens (tertiary/aromatic N) is 1. The number of hydrogen-bond donors (Lipinski definition) is 0. The monoisotopic (exact) mass is 467 g/mol. The van der Waals surface area contributed by atoms with Gasteiger partial charge in [-0.25, -0.2) is 0 Å². The molecule has 2 aromatic carbocycles. The average Bonchev–Trinajstić information content (AvgIpc) is 2.81. The molecular weight excluding hydrogens is 426 g/mol. The summed E-state index contributed by atoms with van der Waals surface area (Å²) in [6, 6.07) is 12.4. The Labute approximate surface area is 205 Å². The summed E-state index contributed by atoms with van der Waals surface area (Å²) >= 11 is 0. The summed E-state index contributed by atoms with van der Waals surface area (Å²) in [6.07, 6.45) is 10.1. The third-order valence-electron chi connectivity index (χ3n) is 5.49. The van der Waals surface area contributed by atoms with Crippen LogP contribution < -0.4 is 14.2 Å². The fourth-order valence-corrected chi connectivity index (χ4v) is 3.70. The lowest BCUT2D eigenvalue weighted by Crippen LogP contribution is -2.03. The van der Waals surface area contributed by atoms with Gasteiger partial charge in [-0.15, -0.1) is 0 Å². The maximum Gasteiger partial charge on any atom is 0.125 e. The van der Waals surface area contributed by atoms with E-state index in [0.717, 1.165) is 85.8 Å². The highest BCUT2D eigenvalue weighted by Crippen LogP contribution is 2.28. The van der Waals surface area contributed by atoms with Crippen LogP contribution in [0.2, 0.25) is 0 Å². The maximum absolute atomic E-state index is 6.08. The number of oxime groups is 1. The minimum atomic E-state index is 0.592. The zero-order chi connectivity index (χ0) is 24.6. The summed E-state index contributed by atoms with van der Waals surface area (Å²) in [6.45, 7) is 10.2. The number of hydrogen-bond acceptors (Lipinski definition) is 5.